The SMILES string of the molecule is COc1cc(OC)c2ccc(NCc3ccccc3C3CC3)nc2c1. The molecule has 0 amide bonds. The van der Waals surface area contributed by atoms with Crippen molar-refractivity contribution in [2.24, 2.45) is 0 Å². The Morgan fingerprint density at radius 2 is 1.88 bits per heavy atom. The lowest BCUT2D eigenvalue weighted by Crippen LogP contribution is -2.04. The lowest BCUT2D eigenvalue weighted by atomic mass is 10.0. The van der Waals surface area contributed by atoms with E-state index < -0.39 is 0 Å². The summed E-state index contributed by atoms with van der Waals surface area (Å²) in [5.74, 6) is 3.12. The van der Waals surface area contributed by atoms with Gasteiger partial charge in [-0.15, -0.1) is 0 Å². The summed E-state index contributed by atoms with van der Waals surface area (Å²) < 4.78 is 10.8. The number of hydrogen-bond acceptors (Lipinski definition) is 4. The zero-order valence-electron chi connectivity index (χ0n) is 14.6. The van der Waals surface area contributed by atoms with Gasteiger partial charge in [-0.25, -0.2) is 4.98 Å². The van der Waals surface area contributed by atoms with Crippen LogP contribution < -0.4 is 14.8 Å². The van der Waals surface area contributed by atoms with Crippen LogP contribution in [0.15, 0.2) is 48.5 Å². The van der Waals surface area contributed by atoms with Crippen molar-refractivity contribution in [1.29, 1.82) is 0 Å². The van der Waals surface area contributed by atoms with E-state index in [1.165, 1.54) is 24.0 Å². The van der Waals surface area contributed by atoms with Crippen molar-refractivity contribution in [1.82, 2.24) is 4.98 Å². The van der Waals surface area contributed by atoms with Crippen LogP contribution in [0.1, 0.15) is 29.9 Å². The lowest BCUT2D eigenvalue weighted by Gasteiger charge is -2.12. The predicted molar refractivity (Wildman–Crippen MR) is 101 cm³/mol. The molecule has 4 heteroatoms. The fraction of sp³-hybridized carbons (Fsp3) is 0.286. The van der Waals surface area contributed by atoms with Crippen molar-refractivity contribution in [3.8, 4) is 11.5 Å². The van der Waals surface area contributed by atoms with Gasteiger partial charge in [0.05, 0.1) is 19.7 Å². The van der Waals surface area contributed by atoms with Crippen LogP contribution in [0.5, 0.6) is 11.5 Å². The normalized spacial score (nSPS) is 13.7. The lowest BCUT2D eigenvalue weighted by molar-refractivity contribution is 0.398. The molecule has 1 heterocycles. The zero-order valence-corrected chi connectivity index (χ0v) is 14.6. The quantitative estimate of drug-likeness (QED) is 0.707. The van der Waals surface area contributed by atoms with E-state index in [1.54, 1.807) is 14.2 Å². The summed E-state index contributed by atoms with van der Waals surface area (Å²) in [6.45, 7) is 0.784. The number of aromatic nitrogens is 1. The largest absolute Gasteiger partial charge is 0.497 e. The van der Waals surface area contributed by atoms with Crippen molar-refractivity contribution in [3.63, 3.8) is 0 Å². The van der Waals surface area contributed by atoms with Crippen LogP contribution in [0.3, 0.4) is 0 Å². The number of ether oxygens (including phenoxy) is 2. The van der Waals surface area contributed by atoms with E-state index in [2.05, 4.69) is 29.6 Å². The molecule has 0 unspecified atom stereocenters. The molecule has 1 aliphatic carbocycles. The Kier molecular flexibility index (Phi) is 4.18. The van der Waals surface area contributed by atoms with Gasteiger partial charge in [0.1, 0.15) is 17.3 Å². The maximum atomic E-state index is 5.45. The smallest absolute Gasteiger partial charge is 0.131 e. The number of nitrogens with one attached hydrogen (secondary N) is 1. The second-order valence-electron chi connectivity index (χ2n) is 6.42. The highest BCUT2D eigenvalue weighted by Crippen LogP contribution is 2.41. The van der Waals surface area contributed by atoms with Gasteiger partial charge in [-0.1, -0.05) is 24.3 Å². The van der Waals surface area contributed by atoms with Crippen LogP contribution in [0, 0.1) is 0 Å². The van der Waals surface area contributed by atoms with Crippen LogP contribution in [0.2, 0.25) is 0 Å². The van der Waals surface area contributed by atoms with Gasteiger partial charge in [-0.2, -0.15) is 0 Å². The van der Waals surface area contributed by atoms with Crippen LogP contribution in [-0.2, 0) is 6.54 Å². The first-order chi connectivity index (χ1) is 12.3. The third-order valence-corrected chi connectivity index (χ3v) is 4.73. The van der Waals surface area contributed by atoms with Gasteiger partial charge in [0, 0.05) is 24.1 Å². The maximum absolute atomic E-state index is 5.45. The molecule has 0 atom stereocenters. The first-order valence-electron chi connectivity index (χ1n) is 8.63. The average molecular weight is 334 g/mol. The highest BCUT2D eigenvalue weighted by atomic mass is 16.5. The molecule has 1 N–H and O–H groups in total. The molecule has 1 aromatic heterocycles. The number of rotatable bonds is 6. The second kappa shape index (κ2) is 6.63. The average Bonchev–Trinajstić information content (AvgIpc) is 3.50. The van der Waals surface area contributed by atoms with Crippen LogP contribution in [-0.4, -0.2) is 19.2 Å². The summed E-state index contributed by atoms with van der Waals surface area (Å²) in [4.78, 5) is 4.73. The summed E-state index contributed by atoms with van der Waals surface area (Å²) in [5, 5.41) is 4.44. The molecule has 0 aliphatic heterocycles. The standard InChI is InChI=1S/C21H22N2O2/c1-24-16-11-19-18(20(12-16)25-2)9-10-21(23-19)22-13-15-5-3-4-6-17(15)14-7-8-14/h3-6,9-12,14H,7-8,13H2,1-2H3,(H,22,23). The van der Waals surface area contributed by atoms with Gasteiger partial charge >= 0.3 is 0 Å². The summed E-state index contributed by atoms with van der Waals surface area (Å²) in [6, 6.07) is 16.5. The van der Waals surface area contributed by atoms with Crippen LogP contribution >= 0.6 is 0 Å². The van der Waals surface area contributed by atoms with Crippen molar-refractivity contribution in [2.75, 3.05) is 19.5 Å². The molecule has 0 bridgehead atoms. The molecule has 2 aromatic carbocycles. The molecular formula is C21H22N2O2. The molecule has 1 saturated carbocycles. The molecule has 0 saturated heterocycles. The van der Waals surface area contributed by atoms with E-state index in [4.69, 9.17) is 14.5 Å². The summed E-state index contributed by atoms with van der Waals surface area (Å²) >= 11 is 0. The number of methoxy groups -OCH3 is 2. The summed E-state index contributed by atoms with van der Waals surface area (Å²) in [5.41, 5.74) is 3.69. The molecular weight excluding hydrogens is 312 g/mol. The van der Waals surface area contributed by atoms with E-state index in [0.29, 0.717) is 0 Å². The van der Waals surface area contributed by atoms with Gasteiger partial charge in [-0.05, 0) is 42.0 Å². The van der Waals surface area contributed by atoms with E-state index in [1.807, 2.05) is 24.3 Å². The second-order valence-corrected chi connectivity index (χ2v) is 6.42. The minimum Gasteiger partial charge on any atom is -0.497 e. The first-order valence-corrected chi connectivity index (χ1v) is 8.63. The van der Waals surface area contributed by atoms with Crippen LogP contribution in [0.25, 0.3) is 10.9 Å². The molecule has 4 rings (SSSR count). The summed E-state index contributed by atoms with van der Waals surface area (Å²) in [6.07, 6.45) is 2.62. The number of anilines is 1. The highest BCUT2D eigenvalue weighted by Gasteiger charge is 2.25. The van der Waals surface area contributed by atoms with Gasteiger partial charge < -0.3 is 14.8 Å². The molecule has 3 aromatic rings. The molecule has 128 valence electrons. The molecule has 1 aliphatic rings. The minimum atomic E-state index is 0.744. The van der Waals surface area contributed by atoms with Crippen molar-refractivity contribution < 1.29 is 9.47 Å². The highest BCUT2D eigenvalue weighted by molar-refractivity contribution is 5.88. The van der Waals surface area contributed by atoms with E-state index >= 15 is 0 Å². The number of pyridine rings is 1. The number of benzene rings is 2. The Hall–Kier alpha value is -2.75. The molecule has 1 fully saturated rings. The van der Waals surface area contributed by atoms with Crippen molar-refractivity contribution in [3.05, 3.63) is 59.7 Å². The van der Waals surface area contributed by atoms with Gasteiger partial charge in [0.15, 0.2) is 0 Å². The van der Waals surface area contributed by atoms with E-state index in [-0.39, 0.29) is 0 Å². The number of fused-ring (bicyclic) bond motifs is 1. The summed E-state index contributed by atoms with van der Waals surface area (Å²) in [7, 11) is 3.31. The molecule has 4 nitrogen and oxygen atoms in total. The predicted octanol–water partition coefficient (Wildman–Crippen LogP) is 4.74. The third kappa shape index (κ3) is 3.25. The van der Waals surface area contributed by atoms with E-state index in [9.17, 15) is 0 Å². The molecule has 0 radical (unpaired) electrons. The van der Waals surface area contributed by atoms with Crippen LogP contribution in [0.4, 0.5) is 5.82 Å². The van der Waals surface area contributed by atoms with Crippen molar-refractivity contribution in [2.45, 2.75) is 25.3 Å². The number of hydrogen-bond donors (Lipinski definition) is 1. The monoisotopic (exact) mass is 334 g/mol. The Morgan fingerprint density at radius 1 is 1.04 bits per heavy atom. The maximum Gasteiger partial charge on any atom is 0.131 e. The number of nitrogens with zero attached hydrogens (tertiary/aromatic N) is 1. The fourth-order valence-corrected chi connectivity index (χ4v) is 3.24. The van der Waals surface area contributed by atoms with E-state index in [0.717, 1.165) is 40.7 Å². The Balaban J connectivity index is 1.60. The Morgan fingerprint density at radius 3 is 2.64 bits per heavy atom. The first kappa shape index (κ1) is 15.8. The Labute approximate surface area is 147 Å². The van der Waals surface area contributed by atoms with Gasteiger partial charge in [-0.3, -0.25) is 0 Å². The van der Waals surface area contributed by atoms with Gasteiger partial charge in [0.25, 0.3) is 0 Å². The minimum absolute atomic E-state index is 0.744. The van der Waals surface area contributed by atoms with Gasteiger partial charge in [0.2, 0.25) is 0 Å². The Bertz CT molecular complexity index is 904. The zero-order chi connectivity index (χ0) is 17.2. The molecule has 0 spiro atoms. The molecule has 25 heavy (non-hydrogen) atoms. The fourth-order valence-electron chi connectivity index (χ4n) is 3.24. The van der Waals surface area contributed by atoms with Crippen molar-refractivity contribution >= 4 is 16.7 Å². The third-order valence-electron chi connectivity index (χ3n) is 4.73. The topological polar surface area (TPSA) is 43.4 Å².